The van der Waals surface area contributed by atoms with Crippen LogP contribution < -0.4 is 5.73 Å². The molecule has 0 saturated carbocycles. The average Bonchev–Trinajstić information content (AvgIpc) is 2.28. The van der Waals surface area contributed by atoms with Crippen LogP contribution in [-0.2, 0) is 6.42 Å². The Bertz CT molecular complexity index is 494. The fraction of sp³-hybridized carbons (Fsp3) is 0.308. The van der Waals surface area contributed by atoms with Crippen LogP contribution in [0, 0.1) is 6.92 Å². The molecule has 0 aliphatic carbocycles. The first-order valence-corrected chi connectivity index (χ1v) is 5.65. The van der Waals surface area contributed by atoms with Crippen LogP contribution in [0.25, 0.3) is 11.3 Å². The van der Waals surface area contributed by atoms with E-state index in [2.05, 4.69) is 15.0 Å². The van der Waals surface area contributed by atoms with Crippen molar-refractivity contribution in [3.05, 3.63) is 42.1 Å². The van der Waals surface area contributed by atoms with Crippen molar-refractivity contribution in [2.75, 3.05) is 0 Å². The molecule has 0 aromatic carbocycles. The largest absolute Gasteiger partial charge is 0.328 e. The Kier molecular flexibility index (Phi) is 3.44. The number of pyridine rings is 1. The van der Waals surface area contributed by atoms with Crippen molar-refractivity contribution in [2.45, 2.75) is 26.3 Å². The number of nitrogens with zero attached hydrogens (tertiary/aromatic N) is 3. The van der Waals surface area contributed by atoms with Gasteiger partial charge in [-0.15, -0.1) is 0 Å². The smallest absolute Gasteiger partial charge is 0.130 e. The molecule has 0 amide bonds. The van der Waals surface area contributed by atoms with Gasteiger partial charge in [-0.1, -0.05) is 0 Å². The van der Waals surface area contributed by atoms with E-state index in [1.165, 1.54) is 0 Å². The zero-order chi connectivity index (χ0) is 12.3. The Balaban J connectivity index is 2.38. The van der Waals surface area contributed by atoms with Gasteiger partial charge in [0.1, 0.15) is 5.82 Å². The van der Waals surface area contributed by atoms with E-state index in [1.54, 1.807) is 12.4 Å². The molecule has 0 fully saturated rings. The number of aryl methyl sites for hydroxylation is 1. The number of rotatable bonds is 3. The van der Waals surface area contributed by atoms with E-state index >= 15 is 0 Å². The summed E-state index contributed by atoms with van der Waals surface area (Å²) in [6.07, 6.45) is 4.22. The molecule has 1 unspecified atom stereocenters. The number of hydrogen-bond donors (Lipinski definition) is 1. The molecule has 1 atom stereocenters. The first-order chi connectivity index (χ1) is 8.15. The van der Waals surface area contributed by atoms with Gasteiger partial charge in [-0.25, -0.2) is 9.97 Å². The first kappa shape index (κ1) is 11.7. The van der Waals surface area contributed by atoms with Crippen LogP contribution in [0.5, 0.6) is 0 Å². The van der Waals surface area contributed by atoms with E-state index in [9.17, 15) is 0 Å². The van der Waals surface area contributed by atoms with E-state index in [0.717, 1.165) is 22.8 Å². The SMILES string of the molecule is Cc1cc(-c2ccncc2)nc(CC(C)N)n1. The molecular weight excluding hydrogens is 212 g/mol. The summed E-state index contributed by atoms with van der Waals surface area (Å²) in [5.41, 5.74) is 8.71. The van der Waals surface area contributed by atoms with Gasteiger partial charge in [0.2, 0.25) is 0 Å². The normalized spacial score (nSPS) is 12.4. The van der Waals surface area contributed by atoms with Crippen molar-refractivity contribution in [1.82, 2.24) is 15.0 Å². The second-order valence-corrected chi connectivity index (χ2v) is 4.23. The van der Waals surface area contributed by atoms with E-state index < -0.39 is 0 Å². The van der Waals surface area contributed by atoms with Gasteiger partial charge in [0.15, 0.2) is 0 Å². The lowest BCUT2D eigenvalue weighted by molar-refractivity contribution is 0.700. The topological polar surface area (TPSA) is 64.7 Å². The first-order valence-electron chi connectivity index (χ1n) is 5.65. The third kappa shape index (κ3) is 3.07. The fourth-order valence-electron chi connectivity index (χ4n) is 1.68. The molecule has 4 heteroatoms. The summed E-state index contributed by atoms with van der Waals surface area (Å²) in [5.74, 6) is 0.798. The zero-order valence-corrected chi connectivity index (χ0v) is 10.1. The van der Waals surface area contributed by atoms with Gasteiger partial charge in [0, 0.05) is 36.1 Å². The third-order valence-electron chi connectivity index (χ3n) is 2.38. The number of aromatic nitrogens is 3. The molecule has 0 radical (unpaired) electrons. The molecule has 2 heterocycles. The Labute approximate surface area is 101 Å². The summed E-state index contributed by atoms with van der Waals surface area (Å²) >= 11 is 0. The minimum Gasteiger partial charge on any atom is -0.328 e. The highest BCUT2D eigenvalue weighted by Gasteiger charge is 2.06. The van der Waals surface area contributed by atoms with Crippen molar-refractivity contribution in [1.29, 1.82) is 0 Å². The predicted octanol–water partition coefficient (Wildman–Crippen LogP) is 1.74. The summed E-state index contributed by atoms with van der Waals surface area (Å²) in [6.45, 7) is 3.93. The molecule has 17 heavy (non-hydrogen) atoms. The molecule has 2 aromatic heterocycles. The fourth-order valence-corrected chi connectivity index (χ4v) is 1.68. The summed E-state index contributed by atoms with van der Waals surface area (Å²) in [6, 6.07) is 5.93. The van der Waals surface area contributed by atoms with Crippen LogP contribution in [0.15, 0.2) is 30.6 Å². The van der Waals surface area contributed by atoms with Crippen LogP contribution >= 0.6 is 0 Å². The van der Waals surface area contributed by atoms with Crippen molar-refractivity contribution in [2.24, 2.45) is 5.73 Å². The Morgan fingerprint density at radius 1 is 1.24 bits per heavy atom. The predicted molar refractivity (Wildman–Crippen MR) is 67.4 cm³/mol. The lowest BCUT2D eigenvalue weighted by atomic mass is 10.1. The van der Waals surface area contributed by atoms with Gasteiger partial charge < -0.3 is 5.73 Å². The highest BCUT2D eigenvalue weighted by Crippen LogP contribution is 2.16. The maximum Gasteiger partial charge on any atom is 0.130 e. The minimum atomic E-state index is 0.0714. The molecule has 2 aromatic rings. The molecule has 0 aliphatic heterocycles. The second kappa shape index (κ2) is 5.01. The zero-order valence-electron chi connectivity index (χ0n) is 10.1. The van der Waals surface area contributed by atoms with Gasteiger partial charge >= 0.3 is 0 Å². The number of nitrogens with two attached hydrogens (primary N) is 1. The van der Waals surface area contributed by atoms with Crippen molar-refractivity contribution < 1.29 is 0 Å². The highest BCUT2D eigenvalue weighted by atomic mass is 14.9. The molecule has 4 nitrogen and oxygen atoms in total. The van der Waals surface area contributed by atoms with Crippen LogP contribution in [0.3, 0.4) is 0 Å². The molecular formula is C13H16N4. The monoisotopic (exact) mass is 228 g/mol. The van der Waals surface area contributed by atoms with Gasteiger partial charge in [-0.3, -0.25) is 4.98 Å². The van der Waals surface area contributed by atoms with Crippen LogP contribution in [-0.4, -0.2) is 21.0 Å². The Hall–Kier alpha value is -1.81. The average molecular weight is 228 g/mol. The van der Waals surface area contributed by atoms with Crippen LogP contribution in [0.2, 0.25) is 0 Å². The van der Waals surface area contributed by atoms with Crippen molar-refractivity contribution in [3.63, 3.8) is 0 Å². The number of hydrogen-bond acceptors (Lipinski definition) is 4. The standard InChI is InChI=1S/C13H16N4/c1-9(14)7-13-16-10(2)8-12(17-13)11-3-5-15-6-4-11/h3-6,8-9H,7,14H2,1-2H3. The highest BCUT2D eigenvalue weighted by molar-refractivity contribution is 5.58. The van der Waals surface area contributed by atoms with Crippen LogP contribution in [0.4, 0.5) is 0 Å². The summed E-state index contributed by atoms with van der Waals surface area (Å²) in [7, 11) is 0. The summed E-state index contributed by atoms with van der Waals surface area (Å²) < 4.78 is 0. The third-order valence-corrected chi connectivity index (χ3v) is 2.38. The molecule has 0 aliphatic rings. The molecule has 2 N–H and O–H groups in total. The quantitative estimate of drug-likeness (QED) is 0.869. The second-order valence-electron chi connectivity index (χ2n) is 4.23. The van der Waals surface area contributed by atoms with Crippen molar-refractivity contribution >= 4 is 0 Å². The van der Waals surface area contributed by atoms with Gasteiger partial charge in [-0.2, -0.15) is 0 Å². The van der Waals surface area contributed by atoms with E-state index in [-0.39, 0.29) is 6.04 Å². The molecule has 0 spiro atoms. The molecule has 0 saturated heterocycles. The summed E-state index contributed by atoms with van der Waals surface area (Å²) in [4.78, 5) is 12.9. The minimum absolute atomic E-state index is 0.0714. The Morgan fingerprint density at radius 2 is 1.94 bits per heavy atom. The maximum absolute atomic E-state index is 5.77. The van der Waals surface area contributed by atoms with Gasteiger partial charge in [-0.05, 0) is 32.0 Å². The van der Waals surface area contributed by atoms with Gasteiger partial charge in [0.05, 0.1) is 5.69 Å². The lowest BCUT2D eigenvalue weighted by Gasteiger charge is -2.07. The molecule has 2 rings (SSSR count). The maximum atomic E-state index is 5.77. The van der Waals surface area contributed by atoms with Crippen LogP contribution in [0.1, 0.15) is 18.4 Å². The molecule has 0 bridgehead atoms. The molecule has 88 valence electrons. The lowest BCUT2D eigenvalue weighted by Crippen LogP contribution is -2.19. The van der Waals surface area contributed by atoms with Gasteiger partial charge in [0.25, 0.3) is 0 Å². The summed E-state index contributed by atoms with van der Waals surface area (Å²) in [5, 5.41) is 0. The van der Waals surface area contributed by atoms with E-state index in [1.807, 2.05) is 32.0 Å². The van der Waals surface area contributed by atoms with E-state index in [4.69, 9.17) is 5.73 Å². The van der Waals surface area contributed by atoms with E-state index in [0.29, 0.717) is 6.42 Å². The Morgan fingerprint density at radius 3 is 2.59 bits per heavy atom. The van der Waals surface area contributed by atoms with Crippen molar-refractivity contribution in [3.8, 4) is 11.3 Å².